The summed E-state index contributed by atoms with van der Waals surface area (Å²) in [4.78, 5) is 13.1. The number of esters is 1. The standard InChI is InChI=1S/C29H25O2P/c30-29(31-23-13-16-25-14-5-1-6-15-25)24-32(26-17-7-2-8-18-26,27-19-9-3-10-20-27)28-21-11-4-12-22-28/h1-22,24H,23H2/b16-13+. The second-order valence-corrected chi connectivity index (χ2v) is 10.6. The molecule has 3 heteroatoms. The number of rotatable bonds is 7. The summed E-state index contributed by atoms with van der Waals surface area (Å²) in [6.45, 7) is -2.11. The predicted octanol–water partition coefficient (Wildman–Crippen LogP) is 5.04. The summed E-state index contributed by atoms with van der Waals surface area (Å²) in [6.07, 6.45) is 3.83. The van der Waals surface area contributed by atoms with Gasteiger partial charge in [0.25, 0.3) is 0 Å². The fourth-order valence-corrected chi connectivity index (χ4v) is 7.39. The van der Waals surface area contributed by atoms with Crippen molar-refractivity contribution in [1.82, 2.24) is 0 Å². The predicted molar refractivity (Wildman–Crippen MR) is 138 cm³/mol. The molecule has 4 rings (SSSR count). The molecule has 0 radical (unpaired) electrons. The summed E-state index contributed by atoms with van der Waals surface area (Å²) in [6, 6.07) is 40.8. The molecule has 0 aliphatic rings. The van der Waals surface area contributed by atoms with E-state index in [9.17, 15) is 4.79 Å². The number of carbonyl (C=O) groups is 1. The van der Waals surface area contributed by atoms with Gasteiger partial charge in [-0.25, -0.2) is 4.79 Å². The van der Waals surface area contributed by atoms with Crippen molar-refractivity contribution in [2.45, 2.75) is 0 Å². The fourth-order valence-electron chi connectivity index (χ4n) is 3.73. The first-order valence-electron chi connectivity index (χ1n) is 10.6. The smallest absolute Gasteiger partial charge is 0.332 e. The molecule has 0 unspecified atom stereocenters. The molecule has 4 aromatic carbocycles. The molecule has 0 aliphatic heterocycles. The molecule has 0 fully saturated rings. The van der Waals surface area contributed by atoms with E-state index < -0.39 is 6.89 Å². The third-order valence-corrected chi connectivity index (χ3v) is 9.16. The summed E-state index contributed by atoms with van der Waals surface area (Å²) in [7, 11) is 0. The molecule has 0 aliphatic carbocycles. The summed E-state index contributed by atoms with van der Waals surface area (Å²) in [5.74, 6) is 1.50. The van der Waals surface area contributed by atoms with Crippen LogP contribution in [0.25, 0.3) is 6.08 Å². The zero-order valence-corrected chi connectivity index (χ0v) is 18.6. The number of hydrogen-bond acceptors (Lipinski definition) is 2. The minimum Gasteiger partial charge on any atom is -0.458 e. The average Bonchev–Trinajstić information content (AvgIpc) is 2.87. The van der Waals surface area contributed by atoms with Crippen LogP contribution < -0.4 is 15.9 Å². The second-order valence-electron chi connectivity index (χ2n) is 7.30. The Morgan fingerprint density at radius 3 is 1.47 bits per heavy atom. The van der Waals surface area contributed by atoms with Crippen molar-refractivity contribution in [3.05, 3.63) is 133 Å². The fraction of sp³-hybridized carbons (Fsp3) is 0.0345. The Balaban J connectivity index is 1.74. The van der Waals surface area contributed by atoms with Crippen molar-refractivity contribution in [2.24, 2.45) is 0 Å². The summed E-state index contributed by atoms with van der Waals surface area (Å²) in [5.41, 5.74) is 1.08. The van der Waals surface area contributed by atoms with Gasteiger partial charge in [0, 0.05) is 5.80 Å². The van der Waals surface area contributed by atoms with Crippen LogP contribution in [-0.4, -0.2) is 18.4 Å². The highest BCUT2D eigenvalue weighted by Crippen LogP contribution is 2.43. The normalized spacial score (nSPS) is 11.2. The molecule has 0 bridgehead atoms. The maximum absolute atomic E-state index is 13.1. The highest BCUT2D eigenvalue weighted by atomic mass is 31.2. The van der Waals surface area contributed by atoms with Crippen LogP contribution in [0.3, 0.4) is 0 Å². The van der Waals surface area contributed by atoms with Crippen LogP contribution in [0.1, 0.15) is 5.56 Å². The molecule has 0 saturated heterocycles. The summed E-state index contributed by atoms with van der Waals surface area (Å²) >= 11 is 0. The Kier molecular flexibility index (Phi) is 7.17. The molecule has 32 heavy (non-hydrogen) atoms. The van der Waals surface area contributed by atoms with Gasteiger partial charge in [-0.2, -0.15) is 0 Å². The first kappa shape index (κ1) is 21.6. The van der Waals surface area contributed by atoms with Crippen molar-refractivity contribution in [2.75, 3.05) is 6.61 Å². The maximum atomic E-state index is 13.1. The van der Waals surface area contributed by atoms with Gasteiger partial charge in [0.2, 0.25) is 0 Å². The Hall–Kier alpha value is -3.61. The summed E-state index contributed by atoms with van der Waals surface area (Å²) < 4.78 is 5.63. The largest absolute Gasteiger partial charge is 0.458 e. The minimum absolute atomic E-state index is 0.225. The minimum atomic E-state index is -2.34. The molecule has 2 nitrogen and oxygen atoms in total. The quantitative estimate of drug-likeness (QED) is 0.300. The lowest BCUT2D eigenvalue weighted by Gasteiger charge is -2.28. The summed E-state index contributed by atoms with van der Waals surface area (Å²) in [5, 5.41) is 3.36. The van der Waals surface area contributed by atoms with Gasteiger partial charge in [-0.1, -0.05) is 127 Å². The van der Waals surface area contributed by atoms with E-state index in [1.807, 2.05) is 103 Å². The third kappa shape index (κ3) is 4.99. The zero-order valence-electron chi connectivity index (χ0n) is 17.7. The zero-order chi connectivity index (χ0) is 22.1. The topological polar surface area (TPSA) is 26.3 Å². The van der Waals surface area contributed by atoms with Crippen molar-refractivity contribution in [1.29, 1.82) is 0 Å². The number of benzene rings is 4. The van der Waals surface area contributed by atoms with Gasteiger partial charge in [-0.3, -0.25) is 0 Å². The van der Waals surface area contributed by atoms with E-state index in [0.29, 0.717) is 0 Å². The highest BCUT2D eigenvalue weighted by molar-refractivity contribution is 7.95. The molecule has 0 spiro atoms. The van der Waals surface area contributed by atoms with Gasteiger partial charge in [0.05, 0.1) is 0 Å². The van der Waals surface area contributed by atoms with Crippen LogP contribution >= 0.6 is 6.89 Å². The monoisotopic (exact) mass is 436 g/mol. The number of ether oxygens (including phenoxy) is 1. The third-order valence-electron chi connectivity index (χ3n) is 5.22. The molecule has 0 atom stereocenters. The first-order chi connectivity index (χ1) is 15.8. The Morgan fingerprint density at radius 2 is 1.03 bits per heavy atom. The van der Waals surface area contributed by atoms with E-state index in [1.165, 1.54) is 0 Å². The van der Waals surface area contributed by atoms with Crippen molar-refractivity contribution in [3.8, 4) is 0 Å². The molecule has 0 N–H and O–H groups in total. The van der Waals surface area contributed by atoms with Gasteiger partial charge in [0.1, 0.15) is 6.61 Å². The van der Waals surface area contributed by atoms with Gasteiger partial charge in [-0.05, 0) is 34.4 Å². The first-order valence-corrected chi connectivity index (χ1v) is 12.4. The van der Waals surface area contributed by atoms with Crippen LogP contribution in [0.5, 0.6) is 0 Å². The number of carbonyl (C=O) groups excluding carboxylic acids is 1. The lowest BCUT2D eigenvalue weighted by Crippen LogP contribution is -2.29. The van der Waals surface area contributed by atoms with Crippen LogP contribution in [-0.2, 0) is 9.53 Å². The lowest BCUT2D eigenvalue weighted by molar-refractivity contribution is -0.133. The molecule has 158 valence electrons. The van der Waals surface area contributed by atoms with E-state index in [0.717, 1.165) is 21.5 Å². The molecular weight excluding hydrogens is 411 g/mol. The van der Waals surface area contributed by atoms with Crippen LogP contribution in [0.2, 0.25) is 0 Å². The van der Waals surface area contributed by atoms with Crippen LogP contribution in [0.4, 0.5) is 0 Å². The van der Waals surface area contributed by atoms with Crippen molar-refractivity contribution >= 4 is 40.6 Å². The SMILES string of the molecule is O=C(C=P(c1ccccc1)(c1ccccc1)c1ccccc1)OC/C=C/c1ccccc1. The maximum Gasteiger partial charge on any atom is 0.332 e. The Bertz CT molecular complexity index is 1110. The van der Waals surface area contributed by atoms with Gasteiger partial charge < -0.3 is 4.74 Å². The van der Waals surface area contributed by atoms with Crippen molar-refractivity contribution < 1.29 is 9.53 Å². The van der Waals surface area contributed by atoms with Crippen LogP contribution in [0, 0.1) is 0 Å². The average molecular weight is 436 g/mol. The van der Waals surface area contributed by atoms with Crippen molar-refractivity contribution in [3.63, 3.8) is 0 Å². The molecule has 0 saturated carbocycles. The number of hydrogen-bond donors (Lipinski definition) is 0. The highest BCUT2D eigenvalue weighted by Gasteiger charge is 2.26. The molecule has 0 aromatic heterocycles. The lowest BCUT2D eigenvalue weighted by atomic mass is 10.2. The molecular formula is C29H25O2P. The molecule has 0 heterocycles. The van der Waals surface area contributed by atoms with Crippen LogP contribution in [0.15, 0.2) is 127 Å². The van der Waals surface area contributed by atoms with Gasteiger partial charge in [-0.15, -0.1) is 0 Å². The van der Waals surface area contributed by atoms with E-state index >= 15 is 0 Å². The van der Waals surface area contributed by atoms with Gasteiger partial charge in [0.15, 0.2) is 0 Å². The Labute approximate surface area is 189 Å². The Morgan fingerprint density at radius 1 is 0.625 bits per heavy atom. The second kappa shape index (κ2) is 10.6. The molecule has 0 amide bonds. The van der Waals surface area contributed by atoms with E-state index in [-0.39, 0.29) is 12.6 Å². The van der Waals surface area contributed by atoms with E-state index in [1.54, 1.807) is 0 Å². The van der Waals surface area contributed by atoms with Gasteiger partial charge >= 0.3 is 5.97 Å². The van der Waals surface area contributed by atoms with E-state index in [2.05, 4.69) is 36.4 Å². The van der Waals surface area contributed by atoms with E-state index in [4.69, 9.17) is 4.74 Å². The molecule has 4 aromatic rings.